The number of unbranched alkanes of at least 4 members (excludes halogenated alkanes) is 2. The van der Waals surface area contributed by atoms with Gasteiger partial charge >= 0.3 is 0 Å². The Balaban J connectivity index is 1.91. The summed E-state index contributed by atoms with van der Waals surface area (Å²) in [4.78, 5) is 0. The molecule has 0 bridgehead atoms. The lowest BCUT2D eigenvalue weighted by atomic mass is 9.95. The predicted molar refractivity (Wildman–Crippen MR) is 112 cm³/mol. The highest BCUT2D eigenvalue weighted by atomic mass is 35.5. The van der Waals surface area contributed by atoms with E-state index in [0.717, 1.165) is 47.1 Å². The highest BCUT2D eigenvalue weighted by Crippen LogP contribution is 2.37. The van der Waals surface area contributed by atoms with Crippen molar-refractivity contribution in [2.75, 3.05) is 27.3 Å². The molecule has 27 heavy (non-hydrogen) atoms. The summed E-state index contributed by atoms with van der Waals surface area (Å²) in [7, 11) is 3.41. The number of quaternary nitrogens is 1. The SMILES string of the molecule is CCCCC[N+]1(Cc2ccccc2Cl)CCc2cc(OC)c(OC)cc2C1. The first kappa shape index (κ1) is 20.0. The van der Waals surface area contributed by atoms with Crippen molar-refractivity contribution in [2.24, 2.45) is 0 Å². The zero-order chi connectivity index (χ0) is 19.3. The van der Waals surface area contributed by atoms with Crippen LogP contribution < -0.4 is 9.47 Å². The zero-order valence-corrected chi connectivity index (χ0v) is 17.5. The number of fused-ring (bicyclic) bond motifs is 1. The van der Waals surface area contributed by atoms with Crippen molar-refractivity contribution in [2.45, 2.75) is 45.7 Å². The van der Waals surface area contributed by atoms with Crippen LogP contribution in [0.5, 0.6) is 11.5 Å². The van der Waals surface area contributed by atoms with Gasteiger partial charge in [0.25, 0.3) is 0 Å². The van der Waals surface area contributed by atoms with E-state index in [2.05, 4.69) is 31.2 Å². The Hall–Kier alpha value is -1.71. The van der Waals surface area contributed by atoms with Gasteiger partial charge in [-0.25, -0.2) is 0 Å². The molecule has 0 saturated carbocycles. The first-order chi connectivity index (χ1) is 13.1. The molecule has 0 aromatic heterocycles. The molecule has 2 aromatic carbocycles. The summed E-state index contributed by atoms with van der Waals surface area (Å²) in [6.07, 6.45) is 4.84. The van der Waals surface area contributed by atoms with Gasteiger partial charge in [0.15, 0.2) is 11.5 Å². The fourth-order valence-corrected chi connectivity index (χ4v) is 4.43. The van der Waals surface area contributed by atoms with Crippen LogP contribution in [0.1, 0.15) is 42.9 Å². The van der Waals surface area contributed by atoms with E-state index in [1.807, 2.05) is 12.1 Å². The average Bonchev–Trinajstić information content (AvgIpc) is 2.69. The first-order valence-corrected chi connectivity index (χ1v) is 10.3. The molecule has 0 fully saturated rings. The third-order valence-electron chi connectivity index (χ3n) is 5.77. The monoisotopic (exact) mass is 388 g/mol. The zero-order valence-electron chi connectivity index (χ0n) is 16.8. The number of benzene rings is 2. The Morgan fingerprint density at radius 3 is 2.37 bits per heavy atom. The van der Waals surface area contributed by atoms with Gasteiger partial charge in [0, 0.05) is 22.6 Å². The van der Waals surface area contributed by atoms with Crippen LogP contribution in [0.25, 0.3) is 0 Å². The first-order valence-electron chi connectivity index (χ1n) is 9.93. The van der Waals surface area contributed by atoms with Gasteiger partial charge in [0.2, 0.25) is 0 Å². The van der Waals surface area contributed by atoms with Crippen LogP contribution in [0.15, 0.2) is 36.4 Å². The number of nitrogens with zero attached hydrogens (tertiary/aromatic N) is 1. The average molecular weight is 389 g/mol. The number of methoxy groups -OCH3 is 2. The van der Waals surface area contributed by atoms with E-state index in [1.165, 1.54) is 42.5 Å². The summed E-state index contributed by atoms with van der Waals surface area (Å²) in [6, 6.07) is 12.6. The number of halogens is 1. The van der Waals surface area contributed by atoms with E-state index >= 15 is 0 Å². The lowest BCUT2D eigenvalue weighted by Gasteiger charge is -2.43. The molecule has 1 aliphatic rings. The standard InChI is InChI=1S/C23H31ClNO2/c1-4-5-8-12-25(16-19-9-6-7-10-21(19)24)13-11-18-14-22(26-2)23(27-3)15-20(18)17-25/h6-7,9-10,14-15H,4-5,8,11-13,16-17H2,1-3H3/q+1. The highest BCUT2D eigenvalue weighted by Gasteiger charge is 2.34. The number of hydrogen-bond acceptors (Lipinski definition) is 2. The van der Waals surface area contributed by atoms with Crippen LogP contribution in [-0.2, 0) is 19.5 Å². The maximum Gasteiger partial charge on any atom is 0.161 e. The van der Waals surface area contributed by atoms with Gasteiger partial charge in [-0.05, 0) is 36.6 Å². The molecule has 1 atom stereocenters. The summed E-state index contributed by atoms with van der Waals surface area (Å²) in [5, 5.41) is 0.878. The van der Waals surface area contributed by atoms with Crippen molar-refractivity contribution in [3.63, 3.8) is 0 Å². The van der Waals surface area contributed by atoms with Crippen molar-refractivity contribution < 1.29 is 14.0 Å². The quantitative estimate of drug-likeness (QED) is 0.431. The Kier molecular flexibility index (Phi) is 6.67. The second-order valence-corrected chi connectivity index (χ2v) is 8.04. The number of hydrogen-bond donors (Lipinski definition) is 0. The second-order valence-electron chi connectivity index (χ2n) is 7.63. The molecule has 0 saturated heterocycles. The van der Waals surface area contributed by atoms with Gasteiger partial charge in [0.05, 0.1) is 27.3 Å². The minimum atomic E-state index is 0.822. The third kappa shape index (κ3) is 4.59. The second kappa shape index (κ2) is 8.99. The van der Waals surface area contributed by atoms with Crippen LogP contribution in [-0.4, -0.2) is 31.8 Å². The molecule has 0 amide bonds. The van der Waals surface area contributed by atoms with Gasteiger partial charge in [-0.15, -0.1) is 0 Å². The molecule has 146 valence electrons. The minimum Gasteiger partial charge on any atom is -0.493 e. The summed E-state index contributed by atoms with van der Waals surface area (Å²) >= 11 is 6.51. The van der Waals surface area contributed by atoms with E-state index in [4.69, 9.17) is 21.1 Å². The van der Waals surface area contributed by atoms with Crippen molar-refractivity contribution in [1.29, 1.82) is 0 Å². The summed E-state index contributed by atoms with van der Waals surface area (Å²) < 4.78 is 12.1. The van der Waals surface area contributed by atoms with Crippen LogP contribution in [0, 0.1) is 0 Å². The van der Waals surface area contributed by atoms with Crippen molar-refractivity contribution in [3.8, 4) is 11.5 Å². The molecule has 0 radical (unpaired) electrons. The van der Waals surface area contributed by atoms with Crippen LogP contribution in [0.3, 0.4) is 0 Å². The van der Waals surface area contributed by atoms with E-state index in [-0.39, 0.29) is 0 Å². The fourth-order valence-electron chi connectivity index (χ4n) is 4.23. The van der Waals surface area contributed by atoms with E-state index < -0.39 is 0 Å². The molecule has 0 N–H and O–H groups in total. The smallest absolute Gasteiger partial charge is 0.161 e. The minimum absolute atomic E-state index is 0.822. The Morgan fingerprint density at radius 2 is 1.70 bits per heavy atom. The molecule has 0 spiro atoms. The molecule has 3 nitrogen and oxygen atoms in total. The number of ether oxygens (including phenoxy) is 2. The summed E-state index contributed by atoms with van der Waals surface area (Å²) in [6.45, 7) is 6.59. The lowest BCUT2D eigenvalue weighted by molar-refractivity contribution is -0.955. The molecule has 3 rings (SSSR count). The topological polar surface area (TPSA) is 18.5 Å². The van der Waals surface area contributed by atoms with Crippen LogP contribution >= 0.6 is 11.6 Å². The van der Waals surface area contributed by atoms with E-state index in [1.54, 1.807) is 14.2 Å². The van der Waals surface area contributed by atoms with Gasteiger partial charge in [-0.3, -0.25) is 0 Å². The molecule has 1 aliphatic heterocycles. The van der Waals surface area contributed by atoms with E-state index in [0.29, 0.717) is 0 Å². The maximum absolute atomic E-state index is 6.51. The van der Waals surface area contributed by atoms with Crippen LogP contribution in [0.4, 0.5) is 0 Å². The molecule has 1 unspecified atom stereocenters. The van der Waals surface area contributed by atoms with E-state index in [9.17, 15) is 0 Å². The Labute approximate surface area is 168 Å². The van der Waals surface area contributed by atoms with Gasteiger partial charge < -0.3 is 14.0 Å². The molecular formula is C23H31ClNO2+. The third-order valence-corrected chi connectivity index (χ3v) is 6.14. The Bertz CT molecular complexity index is 777. The largest absolute Gasteiger partial charge is 0.493 e. The van der Waals surface area contributed by atoms with Gasteiger partial charge in [0.1, 0.15) is 13.1 Å². The van der Waals surface area contributed by atoms with Crippen molar-refractivity contribution in [3.05, 3.63) is 58.1 Å². The van der Waals surface area contributed by atoms with Crippen molar-refractivity contribution in [1.82, 2.24) is 0 Å². The summed E-state index contributed by atoms with van der Waals surface area (Å²) in [5.41, 5.74) is 4.01. The Morgan fingerprint density at radius 1 is 1.00 bits per heavy atom. The number of rotatable bonds is 8. The highest BCUT2D eigenvalue weighted by molar-refractivity contribution is 6.31. The van der Waals surface area contributed by atoms with Gasteiger partial charge in [-0.1, -0.05) is 43.1 Å². The molecule has 4 heteroatoms. The normalized spacial score (nSPS) is 18.8. The fraction of sp³-hybridized carbons (Fsp3) is 0.478. The molecule has 1 heterocycles. The molecular weight excluding hydrogens is 358 g/mol. The van der Waals surface area contributed by atoms with Crippen LogP contribution in [0.2, 0.25) is 5.02 Å². The summed E-state index contributed by atoms with van der Waals surface area (Å²) in [5.74, 6) is 1.65. The van der Waals surface area contributed by atoms with Crippen molar-refractivity contribution >= 4 is 11.6 Å². The molecule has 2 aromatic rings. The predicted octanol–water partition coefficient (Wildman–Crippen LogP) is 5.62. The lowest BCUT2D eigenvalue weighted by Crippen LogP contribution is -2.51. The maximum atomic E-state index is 6.51. The van der Waals surface area contributed by atoms with Gasteiger partial charge in [-0.2, -0.15) is 0 Å². The molecule has 0 aliphatic carbocycles.